The van der Waals surface area contributed by atoms with Gasteiger partial charge in [-0.05, 0) is 55.5 Å². The molecule has 0 bridgehead atoms. The molecule has 0 unspecified atom stereocenters. The van der Waals surface area contributed by atoms with Crippen LogP contribution in [0.4, 0.5) is 5.69 Å². The third kappa shape index (κ3) is 3.25. The van der Waals surface area contributed by atoms with Crippen LogP contribution in [-0.4, -0.2) is 10.9 Å². The van der Waals surface area contributed by atoms with Gasteiger partial charge in [-0.15, -0.1) is 0 Å². The summed E-state index contributed by atoms with van der Waals surface area (Å²) in [6.07, 6.45) is 3.49. The standard InChI is InChI=1S/C20H14ClNO6/c21-16-8-5-11(9-17(16)22(25)26)19(23)27-12-6-7-14-13-3-1-2-4-15(13)20(24)28-18(14)10-12/h5-10H,1-4H2. The van der Waals surface area contributed by atoms with Crippen molar-refractivity contribution in [1.82, 2.24) is 0 Å². The number of nitro groups is 1. The average molecular weight is 400 g/mol. The first-order chi connectivity index (χ1) is 13.4. The van der Waals surface area contributed by atoms with Gasteiger partial charge in [0.05, 0.1) is 10.5 Å². The van der Waals surface area contributed by atoms with Crippen LogP contribution in [0.5, 0.6) is 5.75 Å². The predicted molar refractivity (Wildman–Crippen MR) is 102 cm³/mol. The molecule has 0 radical (unpaired) electrons. The van der Waals surface area contributed by atoms with E-state index in [9.17, 15) is 19.7 Å². The highest BCUT2D eigenvalue weighted by atomic mass is 35.5. The summed E-state index contributed by atoms with van der Waals surface area (Å²) in [6, 6.07) is 8.52. The molecule has 28 heavy (non-hydrogen) atoms. The summed E-state index contributed by atoms with van der Waals surface area (Å²) < 4.78 is 10.7. The van der Waals surface area contributed by atoms with Crippen LogP contribution in [0.2, 0.25) is 5.02 Å². The number of carbonyl (C=O) groups excluding carboxylic acids is 1. The lowest BCUT2D eigenvalue weighted by atomic mass is 9.91. The number of fused-ring (bicyclic) bond motifs is 3. The molecule has 0 aliphatic heterocycles. The molecule has 1 aliphatic rings. The van der Waals surface area contributed by atoms with Gasteiger partial charge < -0.3 is 9.15 Å². The monoisotopic (exact) mass is 399 g/mol. The molecule has 2 aromatic carbocycles. The number of benzene rings is 2. The Morgan fingerprint density at radius 2 is 1.86 bits per heavy atom. The summed E-state index contributed by atoms with van der Waals surface area (Å²) in [4.78, 5) is 34.9. The van der Waals surface area contributed by atoms with Crippen LogP contribution >= 0.6 is 11.6 Å². The van der Waals surface area contributed by atoms with Crippen LogP contribution in [0.25, 0.3) is 11.0 Å². The molecule has 7 nitrogen and oxygen atoms in total. The summed E-state index contributed by atoms with van der Waals surface area (Å²) in [6.45, 7) is 0. The zero-order valence-corrected chi connectivity index (χ0v) is 15.3. The van der Waals surface area contributed by atoms with Gasteiger partial charge in [0.1, 0.15) is 16.4 Å². The summed E-state index contributed by atoms with van der Waals surface area (Å²) >= 11 is 5.76. The van der Waals surface area contributed by atoms with E-state index in [-0.39, 0.29) is 27.6 Å². The molecule has 3 aromatic rings. The fourth-order valence-corrected chi connectivity index (χ4v) is 3.62. The first-order valence-electron chi connectivity index (χ1n) is 8.69. The topological polar surface area (TPSA) is 99.7 Å². The maximum absolute atomic E-state index is 12.4. The molecule has 142 valence electrons. The summed E-state index contributed by atoms with van der Waals surface area (Å²) in [5, 5.41) is 11.7. The maximum Gasteiger partial charge on any atom is 0.343 e. The van der Waals surface area contributed by atoms with Crippen LogP contribution in [-0.2, 0) is 12.8 Å². The molecule has 1 aromatic heterocycles. The Hall–Kier alpha value is -3.19. The van der Waals surface area contributed by atoms with Gasteiger partial charge >= 0.3 is 11.6 Å². The van der Waals surface area contributed by atoms with Gasteiger partial charge in [0.2, 0.25) is 0 Å². The summed E-state index contributed by atoms with van der Waals surface area (Å²) in [5.41, 5.74) is 1.30. The molecule has 1 aliphatic carbocycles. The maximum atomic E-state index is 12.4. The highest BCUT2D eigenvalue weighted by Crippen LogP contribution is 2.30. The number of hydrogen-bond donors (Lipinski definition) is 0. The van der Waals surface area contributed by atoms with Crippen molar-refractivity contribution in [2.75, 3.05) is 0 Å². The molecule has 0 saturated heterocycles. The minimum atomic E-state index is -0.778. The van der Waals surface area contributed by atoms with E-state index < -0.39 is 10.9 Å². The number of nitrogens with zero attached hydrogens (tertiary/aromatic N) is 1. The Morgan fingerprint density at radius 3 is 2.61 bits per heavy atom. The van der Waals surface area contributed by atoms with Gasteiger partial charge in [-0.1, -0.05) is 11.6 Å². The number of aryl methyl sites for hydroxylation is 1. The SMILES string of the molecule is O=C(Oc1ccc2c3c(c(=O)oc2c1)CCCC3)c1ccc(Cl)c([N+](=O)[O-])c1. The normalized spacial score (nSPS) is 13.2. The van der Waals surface area contributed by atoms with Gasteiger partial charge in [-0.2, -0.15) is 0 Å². The minimum absolute atomic E-state index is 0.0110. The fraction of sp³-hybridized carbons (Fsp3) is 0.200. The second-order valence-corrected chi connectivity index (χ2v) is 6.93. The van der Waals surface area contributed by atoms with Crippen molar-refractivity contribution >= 4 is 34.2 Å². The Kier molecular flexibility index (Phi) is 4.60. The van der Waals surface area contributed by atoms with Crippen LogP contribution in [0.1, 0.15) is 34.3 Å². The van der Waals surface area contributed by atoms with Crippen LogP contribution in [0.15, 0.2) is 45.6 Å². The molecular formula is C20H14ClNO6. The number of hydrogen-bond acceptors (Lipinski definition) is 6. The zero-order valence-electron chi connectivity index (χ0n) is 14.6. The van der Waals surface area contributed by atoms with E-state index in [4.69, 9.17) is 20.8 Å². The highest BCUT2D eigenvalue weighted by Gasteiger charge is 2.20. The van der Waals surface area contributed by atoms with Gasteiger partial charge in [-0.25, -0.2) is 9.59 Å². The molecule has 1 heterocycles. The number of ether oxygens (including phenoxy) is 1. The van der Waals surface area contributed by atoms with Crippen molar-refractivity contribution in [3.8, 4) is 5.75 Å². The Morgan fingerprint density at radius 1 is 1.11 bits per heavy atom. The largest absolute Gasteiger partial charge is 0.423 e. The number of rotatable bonds is 3. The zero-order chi connectivity index (χ0) is 19.8. The molecule has 8 heteroatoms. The molecule has 0 atom stereocenters. The van der Waals surface area contributed by atoms with E-state index >= 15 is 0 Å². The first kappa shape index (κ1) is 18.2. The van der Waals surface area contributed by atoms with Gasteiger partial charge in [-0.3, -0.25) is 10.1 Å². The number of halogens is 1. The summed E-state index contributed by atoms with van der Waals surface area (Å²) in [7, 11) is 0. The van der Waals surface area contributed by atoms with E-state index in [0.717, 1.165) is 41.8 Å². The van der Waals surface area contributed by atoms with Gasteiger partial charge in [0.25, 0.3) is 5.69 Å². The van der Waals surface area contributed by atoms with Gasteiger partial charge in [0.15, 0.2) is 0 Å². The van der Waals surface area contributed by atoms with E-state index in [1.807, 2.05) is 0 Å². The average Bonchev–Trinajstić information content (AvgIpc) is 2.68. The first-order valence-corrected chi connectivity index (χ1v) is 9.06. The Labute approximate surface area is 163 Å². The van der Waals surface area contributed by atoms with Crippen molar-refractivity contribution < 1.29 is 18.9 Å². The Bertz CT molecular complexity index is 1180. The molecule has 4 rings (SSSR count). The highest BCUT2D eigenvalue weighted by molar-refractivity contribution is 6.32. The van der Waals surface area contributed by atoms with E-state index in [1.54, 1.807) is 12.1 Å². The third-order valence-electron chi connectivity index (χ3n) is 4.78. The second-order valence-electron chi connectivity index (χ2n) is 6.52. The third-order valence-corrected chi connectivity index (χ3v) is 5.10. The second kappa shape index (κ2) is 7.09. The van der Waals surface area contributed by atoms with Crippen LogP contribution in [0, 0.1) is 10.1 Å². The number of esters is 1. The van der Waals surface area contributed by atoms with E-state index in [0.29, 0.717) is 12.0 Å². The molecule has 0 fully saturated rings. The van der Waals surface area contributed by atoms with Crippen molar-refractivity contribution in [1.29, 1.82) is 0 Å². The predicted octanol–water partition coefficient (Wildman–Crippen LogP) is 4.45. The molecular weight excluding hydrogens is 386 g/mol. The van der Waals surface area contributed by atoms with Gasteiger partial charge in [0, 0.05) is 23.1 Å². The smallest absolute Gasteiger partial charge is 0.343 e. The summed E-state index contributed by atoms with van der Waals surface area (Å²) in [5.74, 6) is -0.603. The van der Waals surface area contributed by atoms with Crippen molar-refractivity contribution in [2.45, 2.75) is 25.7 Å². The molecule has 0 spiro atoms. The quantitative estimate of drug-likeness (QED) is 0.212. The van der Waals surface area contributed by atoms with Crippen molar-refractivity contribution in [3.63, 3.8) is 0 Å². The van der Waals surface area contributed by atoms with Crippen LogP contribution in [0.3, 0.4) is 0 Å². The van der Waals surface area contributed by atoms with E-state index in [1.165, 1.54) is 18.2 Å². The lowest BCUT2D eigenvalue weighted by Crippen LogP contribution is -2.16. The van der Waals surface area contributed by atoms with Crippen LogP contribution < -0.4 is 10.4 Å². The van der Waals surface area contributed by atoms with E-state index in [2.05, 4.69) is 0 Å². The molecule has 0 amide bonds. The molecule has 0 saturated carbocycles. The van der Waals surface area contributed by atoms with Crippen molar-refractivity contribution in [2.24, 2.45) is 0 Å². The van der Waals surface area contributed by atoms with Crippen molar-refractivity contribution in [3.05, 3.63) is 78.6 Å². The fourth-order valence-electron chi connectivity index (χ4n) is 3.43. The molecule has 0 N–H and O–H groups in total. The lowest BCUT2D eigenvalue weighted by molar-refractivity contribution is -0.384. The number of carbonyl (C=O) groups is 1. The lowest BCUT2D eigenvalue weighted by Gasteiger charge is -2.16. The Balaban J connectivity index is 1.67. The number of nitro benzene ring substituents is 1. The minimum Gasteiger partial charge on any atom is -0.423 e.